The molecule has 2 aliphatic carbocycles. The first-order valence-corrected chi connectivity index (χ1v) is 16.7. The van der Waals surface area contributed by atoms with Gasteiger partial charge in [0.2, 0.25) is 5.91 Å². The van der Waals surface area contributed by atoms with Crippen LogP contribution in [0.25, 0.3) is 27.8 Å². The first kappa shape index (κ1) is 31.4. The number of halogens is 1. The van der Waals surface area contributed by atoms with Crippen molar-refractivity contribution in [2.75, 3.05) is 26.3 Å². The van der Waals surface area contributed by atoms with Crippen molar-refractivity contribution in [1.29, 1.82) is 0 Å². The highest BCUT2D eigenvalue weighted by Gasteiger charge is 2.38. The number of benzene rings is 2. The molecule has 10 nitrogen and oxygen atoms in total. The smallest absolute Gasteiger partial charge is 0.337 e. The fraction of sp³-hybridized carbons (Fsp3) is 0.444. The second kappa shape index (κ2) is 13.1. The molecule has 0 radical (unpaired) electrons. The molecule has 2 saturated carbocycles. The van der Waals surface area contributed by atoms with Crippen LogP contribution in [0.4, 0.5) is 4.39 Å². The first-order chi connectivity index (χ1) is 22.8. The van der Waals surface area contributed by atoms with Crippen LogP contribution in [0, 0.1) is 5.82 Å². The second-order valence-electron chi connectivity index (χ2n) is 13.3. The number of rotatable bonds is 7. The molecule has 2 aromatic heterocycles. The number of morpholine rings is 1. The normalized spacial score (nSPS) is 21.6. The molecule has 11 heteroatoms. The maximum absolute atomic E-state index is 14.5. The van der Waals surface area contributed by atoms with E-state index < -0.39 is 28.6 Å². The first-order valence-electron chi connectivity index (χ1n) is 16.7. The Hall–Kier alpha value is -4.19. The highest BCUT2D eigenvalue weighted by atomic mass is 19.1. The van der Waals surface area contributed by atoms with Crippen molar-refractivity contribution >= 4 is 16.9 Å². The zero-order valence-electron chi connectivity index (χ0n) is 26.5. The van der Waals surface area contributed by atoms with Crippen LogP contribution in [0.15, 0.2) is 70.4 Å². The van der Waals surface area contributed by atoms with Crippen LogP contribution >= 0.6 is 0 Å². The van der Waals surface area contributed by atoms with Gasteiger partial charge in [0.1, 0.15) is 5.82 Å². The molecule has 47 heavy (non-hydrogen) atoms. The largest absolute Gasteiger partial charge is 0.379 e. The van der Waals surface area contributed by atoms with Crippen LogP contribution < -0.4 is 22.3 Å². The molecule has 0 bridgehead atoms. The number of carbonyl (C=O) groups excluding carboxylic acids is 1. The Morgan fingerprint density at radius 1 is 1.00 bits per heavy atom. The molecule has 4 aromatic rings. The van der Waals surface area contributed by atoms with Crippen LogP contribution in [-0.2, 0) is 16.1 Å². The van der Waals surface area contributed by atoms with Crippen LogP contribution in [0.1, 0.15) is 63.0 Å². The number of pyridine rings is 1. The number of hydrogen-bond acceptors (Lipinski definition) is 7. The van der Waals surface area contributed by atoms with E-state index in [4.69, 9.17) is 10.5 Å². The van der Waals surface area contributed by atoms with Crippen molar-refractivity contribution in [3.8, 4) is 16.8 Å². The molecular weight excluding hydrogens is 599 g/mol. The van der Waals surface area contributed by atoms with Crippen LogP contribution in [-0.4, -0.2) is 62.8 Å². The molecule has 3 N–H and O–H groups in total. The summed E-state index contributed by atoms with van der Waals surface area (Å²) in [7, 11) is 0. The standard InChI is InChI=1S/C36H41FN6O4/c37-26-21-31-32(39-22-26)42(29-8-5-7-24(20-29)30-9-2-1-6-25(30)23-41-16-18-47-19-17-41)35(46)43(33(31)44)28-12-10-27(11-13-28)40-34(45)36(38)14-3-4-15-36/h1-2,5-9,20-22,27-28H,3-4,10-19,23,38H2,(H,40,45)/t27-,28+. The molecule has 1 saturated heterocycles. The van der Waals surface area contributed by atoms with Gasteiger partial charge in [-0.05, 0) is 73.4 Å². The summed E-state index contributed by atoms with van der Waals surface area (Å²) in [4.78, 5) is 47.7. The summed E-state index contributed by atoms with van der Waals surface area (Å²) >= 11 is 0. The second-order valence-corrected chi connectivity index (χ2v) is 13.3. The molecule has 3 aliphatic rings. The fourth-order valence-electron chi connectivity index (χ4n) is 7.53. The fourth-order valence-corrected chi connectivity index (χ4v) is 7.53. The van der Waals surface area contributed by atoms with Crippen LogP contribution in [0.5, 0.6) is 0 Å². The molecule has 0 atom stereocenters. The number of carbonyl (C=O) groups is 1. The van der Waals surface area contributed by atoms with E-state index >= 15 is 0 Å². The maximum Gasteiger partial charge on any atom is 0.337 e. The zero-order valence-corrected chi connectivity index (χ0v) is 26.5. The van der Waals surface area contributed by atoms with E-state index in [1.165, 1.54) is 9.13 Å². The predicted octanol–water partition coefficient (Wildman–Crippen LogP) is 4.06. The molecule has 246 valence electrons. The van der Waals surface area contributed by atoms with E-state index in [1.54, 1.807) is 0 Å². The Morgan fingerprint density at radius 3 is 2.51 bits per heavy atom. The van der Waals surface area contributed by atoms with Gasteiger partial charge in [-0.3, -0.25) is 19.1 Å². The quantitative estimate of drug-likeness (QED) is 0.312. The Balaban J connectivity index is 1.22. The van der Waals surface area contributed by atoms with Gasteiger partial charge in [-0.1, -0.05) is 49.2 Å². The lowest BCUT2D eigenvalue weighted by atomic mass is 9.89. The molecule has 0 unspecified atom stereocenters. The van der Waals surface area contributed by atoms with Crippen LogP contribution in [0.3, 0.4) is 0 Å². The summed E-state index contributed by atoms with van der Waals surface area (Å²) < 4.78 is 22.7. The Morgan fingerprint density at radius 2 is 1.74 bits per heavy atom. The number of aromatic nitrogens is 3. The minimum atomic E-state index is -0.811. The van der Waals surface area contributed by atoms with Gasteiger partial charge in [-0.25, -0.2) is 18.7 Å². The van der Waals surface area contributed by atoms with E-state index in [0.717, 1.165) is 61.4 Å². The minimum Gasteiger partial charge on any atom is -0.379 e. The highest BCUT2D eigenvalue weighted by Crippen LogP contribution is 2.31. The van der Waals surface area contributed by atoms with E-state index in [-0.39, 0.29) is 23.0 Å². The lowest BCUT2D eigenvalue weighted by molar-refractivity contribution is -0.127. The number of nitrogens with one attached hydrogen (secondary N) is 1. The van der Waals surface area contributed by atoms with Crippen molar-refractivity contribution in [1.82, 2.24) is 24.3 Å². The number of nitrogens with zero attached hydrogens (tertiary/aromatic N) is 4. The van der Waals surface area contributed by atoms with Crippen molar-refractivity contribution < 1.29 is 13.9 Å². The summed E-state index contributed by atoms with van der Waals surface area (Å²) in [5, 5.41) is 3.17. The third-order valence-corrected chi connectivity index (χ3v) is 10.2. The molecular formula is C36H41FN6O4. The molecule has 3 heterocycles. The SMILES string of the molecule is NC1(C(=O)N[C@H]2CC[C@@H](n3c(=O)c4cc(F)cnc4n(-c4cccc(-c5ccccc5CN5CCOCC5)c4)c3=O)CC2)CCCC1. The van der Waals surface area contributed by atoms with E-state index in [0.29, 0.717) is 57.4 Å². The maximum atomic E-state index is 14.5. The average molecular weight is 641 g/mol. The Bertz CT molecular complexity index is 1900. The number of ether oxygens (including phenoxy) is 1. The number of amides is 1. The summed E-state index contributed by atoms with van der Waals surface area (Å²) in [5.41, 5.74) is 8.26. The van der Waals surface area contributed by atoms with Gasteiger partial charge in [0.05, 0.1) is 36.0 Å². The molecule has 3 fully saturated rings. The van der Waals surface area contributed by atoms with Gasteiger partial charge in [0, 0.05) is 31.7 Å². The highest BCUT2D eigenvalue weighted by molar-refractivity contribution is 5.86. The summed E-state index contributed by atoms with van der Waals surface area (Å²) in [5.74, 6) is -0.761. The van der Waals surface area contributed by atoms with Crippen molar-refractivity contribution in [2.24, 2.45) is 5.73 Å². The molecule has 7 rings (SSSR count). The number of fused-ring (bicyclic) bond motifs is 1. The number of hydrogen-bond donors (Lipinski definition) is 2. The average Bonchev–Trinajstić information content (AvgIpc) is 3.54. The van der Waals surface area contributed by atoms with E-state index in [1.807, 2.05) is 36.4 Å². The van der Waals surface area contributed by atoms with Gasteiger partial charge >= 0.3 is 5.69 Å². The monoisotopic (exact) mass is 640 g/mol. The molecule has 1 amide bonds. The van der Waals surface area contributed by atoms with E-state index in [9.17, 15) is 18.8 Å². The van der Waals surface area contributed by atoms with Gasteiger partial charge < -0.3 is 15.8 Å². The molecule has 0 spiro atoms. The van der Waals surface area contributed by atoms with Crippen molar-refractivity contribution in [3.05, 3.63) is 93.0 Å². The van der Waals surface area contributed by atoms with Crippen molar-refractivity contribution in [3.63, 3.8) is 0 Å². The Kier molecular flexibility index (Phi) is 8.78. The van der Waals surface area contributed by atoms with Gasteiger partial charge in [-0.2, -0.15) is 0 Å². The van der Waals surface area contributed by atoms with Crippen molar-refractivity contribution in [2.45, 2.75) is 75.5 Å². The minimum absolute atomic E-state index is 0.0458. The lowest BCUT2D eigenvalue weighted by Gasteiger charge is -2.32. The Labute approximate surface area is 272 Å². The van der Waals surface area contributed by atoms with Crippen LogP contribution in [0.2, 0.25) is 0 Å². The zero-order chi connectivity index (χ0) is 32.5. The third kappa shape index (κ3) is 6.27. The van der Waals surface area contributed by atoms with Gasteiger partial charge in [0.25, 0.3) is 5.56 Å². The molecule has 1 aliphatic heterocycles. The molecule has 2 aromatic carbocycles. The third-order valence-electron chi connectivity index (χ3n) is 10.2. The summed E-state index contributed by atoms with van der Waals surface area (Å²) in [6.07, 6.45) is 6.55. The van der Waals surface area contributed by atoms with Gasteiger partial charge in [-0.15, -0.1) is 0 Å². The van der Waals surface area contributed by atoms with Gasteiger partial charge in [0.15, 0.2) is 5.65 Å². The topological polar surface area (TPSA) is 124 Å². The van der Waals surface area contributed by atoms with E-state index in [2.05, 4.69) is 27.3 Å². The number of nitrogens with two attached hydrogens (primary N) is 1. The summed E-state index contributed by atoms with van der Waals surface area (Å²) in [6, 6.07) is 16.5. The lowest BCUT2D eigenvalue weighted by Crippen LogP contribution is -2.55. The summed E-state index contributed by atoms with van der Waals surface area (Å²) in [6.45, 7) is 3.92. The predicted molar refractivity (Wildman–Crippen MR) is 178 cm³/mol.